The Hall–Kier alpha value is -3.08. The highest BCUT2D eigenvalue weighted by molar-refractivity contribution is 5.83. The van der Waals surface area contributed by atoms with Crippen molar-refractivity contribution < 1.29 is 4.74 Å². The summed E-state index contributed by atoms with van der Waals surface area (Å²) in [5, 5.41) is 4.35. The van der Waals surface area contributed by atoms with Crippen LogP contribution in [0.5, 0.6) is 5.75 Å². The van der Waals surface area contributed by atoms with E-state index in [1.54, 1.807) is 24.2 Å². The van der Waals surface area contributed by atoms with E-state index in [-0.39, 0.29) is 0 Å². The largest absolute Gasteiger partial charge is 0.496 e. The Bertz CT molecular complexity index is 793. The summed E-state index contributed by atoms with van der Waals surface area (Å²) in [5.74, 6) is 1.10. The fourth-order valence-electron chi connectivity index (χ4n) is 2.12. The van der Waals surface area contributed by atoms with Crippen LogP contribution in [0.3, 0.4) is 0 Å². The number of benzene rings is 2. The molecular weight excluding hydrogens is 276 g/mol. The van der Waals surface area contributed by atoms with E-state index in [1.807, 2.05) is 54.6 Å². The number of para-hydroxylation sites is 1. The van der Waals surface area contributed by atoms with Gasteiger partial charge in [-0.05, 0) is 12.1 Å². The maximum atomic E-state index is 5.92. The summed E-state index contributed by atoms with van der Waals surface area (Å²) in [6.07, 6.45) is 3.50. The third kappa shape index (κ3) is 2.83. The Balaban J connectivity index is 1.90. The van der Waals surface area contributed by atoms with Crippen LogP contribution >= 0.6 is 0 Å². The molecule has 0 atom stereocenters. The summed E-state index contributed by atoms with van der Waals surface area (Å²) < 4.78 is 6.84. The molecule has 110 valence electrons. The molecule has 0 unspecified atom stereocenters. The lowest BCUT2D eigenvalue weighted by molar-refractivity contribution is 0.414. The van der Waals surface area contributed by atoms with Crippen molar-refractivity contribution >= 4 is 12.2 Å². The molecule has 1 aromatic heterocycles. The Labute approximate surface area is 128 Å². The summed E-state index contributed by atoms with van der Waals surface area (Å²) >= 11 is 0. The molecule has 3 rings (SSSR count). The molecule has 0 spiro atoms. The van der Waals surface area contributed by atoms with E-state index in [9.17, 15) is 0 Å². The average Bonchev–Trinajstić information content (AvgIpc) is 2.95. The zero-order valence-electron chi connectivity index (χ0n) is 12.2. The van der Waals surface area contributed by atoms with Gasteiger partial charge >= 0.3 is 0 Å². The zero-order valence-corrected chi connectivity index (χ0v) is 12.2. The molecule has 0 aliphatic carbocycles. The zero-order chi connectivity index (χ0) is 15.4. The lowest BCUT2D eigenvalue weighted by Crippen LogP contribution is -1.97. The Morgan fingerprint density at radius 1 is 1.09 bits per heavy atom. The average molecular weight is 292 g/mol. The van der Waals surface area contributed by atoms with Crippen LogP contribution in [-0.2, 0) is 0 Å². The third-order valence-corrected chi connectivity index (χ3v) is 3.24. The van der Waals surface area contributed by atoms with Gasteiger partial charge in [0, 0.05) is 11.1 Å². The minimum atomic E-state index is 0.338. The molecular formula is C17H16N4O. The number of imidazole rings is 1. The van der Waals surface area contributed by atoms with E-state index in [0.29, 0.717) is 5.95 Å². The molecule has 2 aromatic carbocycles. The van der Waals surface area contributed by atoms with Gasteiger partial charge in [0.05, 0.1) is 25.2 Å². The van der Waals surface area contributed by atoms with Crippen LogP contribution in [0, 0.1) is 0 Å². The predicted octanol–water partition coefficient (Wildman–Crippen LogP) is 3.02. The Morgan fingerprint density at radius 3 is 2.59 bits per heavy atom. The quantitative estimate of drug-likeness (QED) is 0.752. The van der Waals surface area contributed by atoms with E-state index in [1.165, 1.54) is 0 Å². The van der Waals surface area contributed by atoms with Crippen LogP contribution in [0.4, 0.5) is 5.95 Å². The molecule has 5 heteroatoms. The number of hydrogen-bond acceptors (Lipinski definition) is 4. The minimum Gasteiger partial charge on any atom is -0.496 e. The monoisotopic (exact) mass is 292 g/mol. The van der Waals surface area contributed by atoms with Gasteiger partial charge in [-0.1, -0.05) is 42.5 Å². The second-order valence-corrected chi connectivity index (χ2v) is 4.68. The number of ether oxygens (including phenoxy) is 1. The standard InChI is InChI=1S/C17H16N4O/c1-22-16-10-6-5-9-14(16)11-19-21-12-15(20-17(21)18)13-7-3-2-4-8-13/h2-12H,1H3,(H2,18,20)/b19-11+. The second kappa shape index (κ2) is 6.13. The van der Waals surface area contributed by atoms with E-state index < -0.39 is 0 Å². The summed E-state index contributed by atoms with van der Waals surface area (Å²) in [5.41, 5.74) is 8.58. The molecule has 2 N–H and O–H groups in total. The summed E-state index contributed by atoms with van der Waals surface area (Å²) in [4.78, 5) is 4.33. The fraction of sp³-hybridized carbons (Fsp3) is 0.0588. The lowest BCUT2D eigenvalue weighted by Gasteiger charge is -2.02. The summed E-state index contributed by atoms with van der Waals surface area (Å²) in [7, 11) is 1.63. The number of rotatable bonds is 4. The van der Waals surface area contributed by atoms with Crippen molar-refractivity contribution in [1.82, 2.24) is 9.66 Å². The van der Waals surface area contributed by atoms with Crippen molar-refractivity contribution in [2.24, 2.45) is 5.10 Å². The predicted molar refractivity (Wildman–Crippen MR) is 88.1 cm³/mol. The smallest absolute Gasteiger partial charge is 0.221 e. The highest BCUT2D eigenvalue weighted by atomic mass is 16.5. The van der Waals surface area contributed by atoms with Crippen molar-refractivity contribution in [2.75, 3.05) is 12.8 Å². The first-order chi connectivity index (χ1) is 10.8. The minimum absolute atomic E-state index is 0.338. The Morgan fingerprint density at radius 2 is 1.82 bits per heavy atom. The van der Waals surface area contributed by atoms with Crippen molar-refractivity contribution in [3.05, 3.63) is 66.4 Å². The summed E-state index contributed by atoms with van der Waals surface area (Å²) in [6, 6.07) is 17.5. The van der Waals surface area contributed by atoms with Crippen molar-refractivity contribution in [2.45, 2.75) is 0 Å². The molecule has 0 aliphatic rings. The molecule has 0 saturated heterocycles. The van der Waals surface area contributed by atoms with Gasteiger partial charge in [0.15, 0.2) is 0 Å². The lowest BCUT2D eigenvalue weighted by atomic mass is 10.2. The number of methoxy groups -OCH3 is 1. The van der Waals surface area contributed by atoms with Crippen molar-refractivity contribution in [1.29, 1.82) is 0 Å². The van der Waals surface area contributed by atoms with Gasteiger partial charge in [-0.25, -0.2) is 9.66 Å². The SMILES string of the molecule is COc1ccccc1/C=N/n1cc(-c2ccccc2)nc1N. The van der Waals surface area contributed by atoms with Crippen molar-refractivity contribution in [3.63, 3.8) is 0 Å². The van der Waals surface area contributed by atoms with Crippen LogP contribution in [0.2, 0.25) is 0 Å². The number of anilines is 1. The van der Waals surface area contributed by atoms with Gasteiger partial charge in [-0.15, -0.1) is 0 Å². The van der Waals surface area contributed by atoms with E-state index in [0.717, 1.165) is 22.6 Å². The number of nitrogens with zero attached hydrogens (tertiary/aromatic N) is 3. The van der Waals surface area contributed by atoms with E-state index in [2.05, 4.69) is 10.1 Å². The first kappa shape index (κ1) is 13.9. The fourth-order valence-corrected chi connectivity index (χ4v) is 2.12. The highest BCUT2D eigenvalue weighted by Gasteiger charge is 2.06. The Kier molecular flexibility index (Phi) is 3.87. The second-order valence-electron chi connectivity index (χ2n) is 4.68. The number of hydrogen-bond donors (Lipinski definition) is 1. The molecule has 1 heterocycles. The molecule has 22 heavy (non-hydrogen) atoms. The number of nitrogens with two attached hydrogens (primary N) is 1. The van der Waals surface area contributed by atoms with Crippen LogP contribution in [-0.4, -0.2) is 23.0 Å². The molecule has 3 aromatic rings. The molecule has 5 nitrogen and oxygen atoms in total. The van der Waals surface area contributed by atoms with Crippen LogP contribution in [0.15, 0.2) is 65.9 Å². The summed E-state index contributed by atoms with van der Waals surface area (Å²) in [6.45, 7) is 0. The first-order valence-corrected chi connectivity index (χ1v) is 6.85. The van der Waals surface area contributed by atoms with Gasteiger partial charge in [-0.3, -0.25) is 0 Å². The van der Waals surface area contributed by atoms with Gasteiger partial charge in [0.1, 0.15) is 5.75 Å². The van der Waals surface area contributed by atoms with Gasteiger partial charge in [-0.2, -0.15) is 5.10 Å². The number of aromatic nitrogens is 2. The molecule has 0 radical (unpaired) electrons. The van der Waals surface area contributed by atoms with Crippen LogP contribution in [0.25, 0.3) is 11.3 Å². The topological polar surface area (TPSA) is 65.4 Å². The molecule has 0 saturated carbocycles. The van der Waals surface area contributed by atoms with E-state index in [4.69, 9.17) is 10.5 Å². The van der Waals surface area contributed by atoms with Crippen LogP contribution in [0.1, 0.15) is 5.56 Å². The maximum absolute atomic E-state index is 5.92. The normalized spacial score (nSPS) is 11.0. The first-order valence-electron chi connectivity index (χ1n) is 6.85. The third-order valence-electron chi connectivity index (χ3n) is 3.24. The molecule has 0 bridgehead atoms. The molecule has 0 amide bonds. The van der Waals surface area contributed by atoms with Gasteiger partial charge < -0.3 is 10.5 Å². The van der Waals surface area contributed by atoms with Gasteiger partial charge in [0.25, 0.3) is 0 Å². The highest BCUT2D eigenvalue weighted by Crippen LogP contribution is 2.20. The van der Waals surface area contributed by atoms with Gasteiger partial charge in [0.2, 0.25) is 5.95 Å². The number of nitrogen functional groups attached to an aromatic ring is 1. The molecule has 0 fully saturated rings. The maximum Gasteiger partial charge on any atom is 0.221 e. The van der Waals surface area contributed by atoms with Crippen LogP contribution < -0.4 is 10.5 Å². The van der Waals surface area contributed by atoms with Crippen molar-refractivity contribution in [3.8, 4) is 17.0 Å². The van der Waals surface area contributed by atoms with E-state index >= 15 is 0 Å². The molecule has 0 aliphatic heterocycles.